The number of carbonyl (C=O) groups is 1. The van der Waals surface area contributed by atoms with Gasteiger partial charge < -0.3 is 5.32 Å². The summed E-state index contributed by atoms with van der Waals surface area (Å²) in [5, 5.41) is 13.7. The number of anilines is 1. The standard InChI is InChI=1S/C13H9BrClN3O3/c1-7-4-8(5-12(15)16-7)13(19)17-9-2-3-10(14)11(6-9)18(20)21/h2-6H,1H3,(H,17,19). The number of nitrogens with zero attached hydrogens (tertiary/aromatic N) is 2. The number of pyridine rings is 1. The van der Waals surface area contributed by atoms with E-state index in [1.54, 1.807) is 19.1 Å². The zero-order chi connectivity index (χ0) is 15.6. The van der Waals surface area contributed by atoms with Crippen LogP contribution in [0.15, 0.2) is 34.8 Å². The van der Waals surface area contributed by atoms with Crippen molar-refractivity contribution in [2.45, 2.75) is 6.92 Å². The summed E-state index contributed by atoms with van der Waals surface area (Å²) in [6.07, 6.45) is 0. The van der Waals surface area contributed by atoms with Crippen LogP contribution in [0.5, 0.6) is 0 Å². The van der Waals surface area contributed by atoms with Crippen molar-refractivity contribution in [2.75, 3.05) is 5.32 Å². The lowest BCUT2D eigenvalue weighted by molar-refractivity contribution is -0.385. The first-order chi connectivity index (χ1) is 9.86. The lowest BCUT2D eigenvalue weighted by atomic mass is 10.2. The fourth-order valence-electron chi connectivity index (χ4n) is 1.69. The molecule has 1 aromatic carbocycles. The maximum absolute atomic E-state index is 12.1. The molecule has 0 radical (unpaired) electrons. The molecular formula is C13H9BrClN3O3. The Balaban J connectivity index is 2.27. The number of nitro benzene ring substituents is 1. The van der Waals surface area contributed by atoms with Crippen molar-refractivity contribution >= 4 is 44.8 Å². The number of aryl methyl sites for hydroxylation is 1. The van der Waals surface area contributed by atoms with Crippen LogP contribution in [-0.4, -0.2) is 15.8 Å². The van der Waals surface area contributed by atoms with Gasteiger partial charge in [-0.25, -0.2) is 4.98 Å². The lowest BCUT2D eigenvalue weighted by Gasteiger charge is -2.07. The third kappa shape index (κ3) is 3.77. The maximum atomic E-state index is 12.1. The molecule has 0 spiro atoms. The number of aromatic nitrogens is 1. The maximum Gasteiger partial charge on any atom is 0.285 e. The fourth-order valence-corrected chi connectivity index (χ4v) is 2.34. The Bertz CT molecular complexity index is 716. The van der Waals surface area contributed by atoms with Gasteiger partial charge >= 0.3 is 0 Å². The summed E-state index contributed by atoms with van der Waals surface area (Å²) < 4.78 is 0.341. The molecule has 2 rings (SSSR count). The highest BCUT2D eigenvalue weighted by Gasteiger charge is 2.14. The number of nitro groups is 1. The van der Waals surface area contributed by atoms with E-state index in [-0.39, 0.29) is 10.8 Å². The molecule has 6 nitrogen and oxygen atoms in total. The van der Waals surface area contributed by atoms with Crippen molar-refractivity contribution in [1.82, 2.24) is 4.98 Å². The summed E-state index contributed by atoms with van der Waals surface area (Å²) in [6, 6.07) is 7.34. The number of nitrogens with one attached hydrogen (secondary N) is 1. The zero-order valence-corrected chi connectivity index (χ0v) is 13.1. The summed E-state index contributed by atoms with van der Waals surface area (Å²) in [7, 11) is 0. The molecule has 1 aromatic heterocycles. The summed E-state index contributed by atoms with van der Waals surface area (Å²) in [5.41, 5.74) is 1.13. The van der Waals surface area contributed by atoms with Gasteiger partial charge in [0.2, 0.25) is 0 Å². The molecule has 108 valence electrons. The van der Waals surface area contributed by atoms with E-state index < -0.39 is 10.8 Å². The molecule has 1 N–H and O–H groups in total. The minimum Gasteiger partial charge on any atom is -0.322 e. The average Bonchev–Trinajstić information content (AvgIpc) is 2.39. The summed E-state index contributed by atoms with van der Waals surface area (Å²) in [6.45, 7) is 1.72. The summed E-state index contributed by atoms with van der Waals surface area (Å²) >= 11 is 8.88. The first-order valence-electron chi connectivity index (χ1n) is 5.76. The highest BCUT2D eigenvalue weighted by Crippen LogP contribution is 2.28. The second-order valence-electron chi connectivity index (χ2n) is 4.20. The molecule has 0 aliphatic rings. The van der Waals surface area contributed by atoms with Gasteiger partial charge in [-0.05, 0) is 47.1 Å². The lowest BCUT2D eigenvalue weighted by Crippen LogP contribution is -2.12. The van der Waals surface area contributed by atoms with Crippen LogP contribution in [0.2, 0.25) is 5.15 Å². The molecule has 0 saturated heterocycles. The minimum atomic E-state index is -0.535. The molecule has 0 bridgehead atoms. The molecule has 0 aliphatic heterocycles. The van der Waals surface area contributed by atoms with Crippen molar-refractivity contribution in [3.8, 4) is 0 Å². The molecule has 0 aliphatic carbocycles. The Morgan fingerprint density at radius 1 is 1.38 bits per heavy atom. The summed E-state index contributed by atoms with van der Waals surface area (Å²) in [4.78, 5) is 26.4. The molecule has 0 atom stereocenters. The summed E-state index contributed by atoms with van der Waals surface area (Å²) in [5.74, 6) is -0.418. The second-order valence-corrected chi connectivity index (χ2v) is 5.44. The van der Waals surface area contributed by atoms with E-state index in [9.17, 15) is 14.9 Å². The van der Waals surface area contributed by atoms with Gasteiger partial charge in [0.05, 0.1) is 9.40 Å². The van der Waals surface area contributed by atoms with Crippen LogP contribution < -0.4 is 5.32 Å². The number of rotatable bonds is 3. The van der Waals surface area contributed by atoms with Crippen LogP contribution in [0.1, 0.15) is 16.1 Å². The van der Waals surface area contributed by atoms with E-state index in [4.69, 9.17) is 11.6 Å². The molecular weight excluding hydrogens is 362 g/mol. The van der Waals surface area contributed by atoms with E-state index in [2.05, 4.69) is 26.2 Å². The number of hydrogen-bond acceptors (Lipinski definition) is 4. The monoisotopic (exact) mass is 369 g/mol. The second kappa shape index (κ2) is 6.19. The van der Waals surface area contributed by atoms with Crippen molar-refractivity contribution in [3.63, 3.8) is 0 Å². The van der Waals surface area contributed by atoms with Gasteiger partial charge in [0.25, 0.3) is 11.6 Å². The van der Waals surface area contributed by atoms with Gasteiger partial charge in [-0.2, -0.15) is 0 Å². The third-order valence-electron chi connectivity index (χ3n) is 2.59. The largest absolute Gasteiger partial charge is 0.322 e. The fraction of sp³-hybridized carbons (Fsp3) is 0.0769. The normalized spacial score (nSPS) is 10.2. The van der Waals surface area contributed by atoms with E-state index >= 15 is 0 Å². The molecule has 8 heteroatoms. The predicted molar refractivity (Wildman–Crippen MR) is 82.7 cm³/mol. The van der Waals surface area contributed by atoms with Crippen molar-refractivity contribution in [3.05, 3.63) is 61.3 Å². The molecule has 21 heavy (non-hydrogen) atoms. The van der Waals surface area contributed by atoms with Crippen molar-refractivity contribution in [1.29, 1.82) is 0 Å². The Morgan fingerprint density at radius 3 is 2.71 bits per heavy atom. The first kappa shape index (κ1) is 15.4. The van der Waals surface area contributed by atoms with Gasteiger partial charge in [0, 0.05) is 23.0 Å². The molecule has 0 unspecified atom stereocenters. The van der Waals surface area contributed by atoms with E-state index in [0.717, 1.165) is 0 Å². The number of halogens is 2. The smallest absolute Gasteiger partial charge is 0.285 e. The van der Waals surface area contributed by atoms with Gasteiger partial charge in [-0.3, -0.25) is 14.9 Å². The number of benzene rings is 1. The molecule has 0 fully saturated rings. The predicted octanol–water partition coefficient (Wildman–Crippen LogP) is 3.97. The van der Waals surface area contributed by atoms with Crippen molar-refractivity contribution in [2.24, 2.45) is 0 Å². The topological polar surface area (TPSA) is 85.1 Å². The molecule has 1 heterocycles. The van der Waals surface area contributed by atoms with Crippen LogP contribution in [0.25, 0.3) is 0 Å². The van der Waals surface area contributed by atoms with Crippen LogP contribution in [-0.2, 0) is 0 Å². The van der Waals surface area contributed by atoms with Gasteiger partial charge in [0.1, 0.15) is 5.15 Å². The molecule has 0 saturated carbocycles. The Hall–Kier alpha value is -1.99. The quantitative estimate of drug-likeness (QED) is 0.503. The van der Waals surface area contributed by atoms with E-state index in [1.165, 1.54) is 18.2 Å². The van der Waals surface area contributed by atoms with Gasteiger partial charge in [-0.1, -0.05) is 11.6 Å². The highest BCUT2D eigenvalue weighted by atomic mass is 79.9. The van der Waals surface area contributed by atoms with E-state index in [0.29, 0.717) is 21.4 Å². The van der Waals surface area contributed by atoms with Crippen LogP contribution in [0.3, 0.4) is 0 Å². The molecule has 2 aromatic rings. The van der Waals surface area contributed by atoms with Gasteiger partial charge in [-0.15, -0.1) is 0 Å². The van der Waals surface area contributed by atoms with Crippen LogP contribution >= 0.6 is 27.5 Å². The zero-order valence-electron chi connectivity index (χ0n) is 10.8. The number of carbonyl (C=O) groups excluding carboxylic acids is 1. The Labute approximate surface area is 133 Å². The Kier molecular flexibility index (Phi) is 4.54. The number of hydrogen-bond donors (Lipinski definition) is 1. The average molecular weight is 371 g/mol. The van der Waals surface area contributed by atoms with Gasteiger partial charge in [0.15, 0.2) is 0 Å². The van der Waals surface area contributed by atoms with Crippen LogP contribution in [0.4, 0.5) is 11.4 Å². The van der Waals surface area contributed by atoms with E-state index in [1.807, 2.05) is 0 Å². The van der Waals surface area contributed by atoms with Crippen LogP contribution in [0, 0.1) is 17.0 Å². The SMILES string of the molecule is Cc1cc(C(=O)Nc2ccc(Br)c([N+](=O)[O-])c2)cc(Cl)n1. The number of amides is 1. The minimum absolute atomic E-state index is 0.128. The highest BCUT2D eigenvalue weighted by molar-refractivity contribution is 9.10. The van der Waals surface area contributed by atoms with Crippen molar-refractivity contribution < 1.29 is 9.72 Å². The third-order valence-corrected chi connectivity index (χ3v) is 3.45. The Morgan fingerprint density at radius 2 is 2.10 bits per heavy atom. The molecule has 1 amide bonds. The first-order valence-corrected chi connectivity index (χ1v) is 6.93.